The number of hydrogen-bond acceptors (Lipinski definition) is 3. The maximum atomic E-state index is 12.4. The van der Waals surface area contributed by atoms with Crippen molar-refractivity contribution in [2.45, 2.75) is 61.8 Å². The molecular formula is C27H35NO3U. The summed E-state index contributed by atoms with van der Waals surface area (Å²) in [5.41, 5.74) is 4.74. The number of ketones is 1. The number of allylic oxidation sites excluding steroid dienone is 2. The van der Waals surface area contributed by atoms with E-state index in [2.05, 4.69) is 32.2 Å². The normalized spacial score (nSPS) is 15.2. The molecule has 0 saturated heterocycles. The third kappa shape index (κ3) is 8.26. The van der Waals surface area contributed by atoms with Crippen molar-refractivity contribution in [3.8, 4) is 0 Å². The van der Waals surface area contributed by atoms with Gasteiger partial charge in [-0.15, -0.1) is 5.56 Å². The van der Waals surface area contributed by atoms with Gasteiger partial charge in [0, 0.05) is 16.9 Å². The minimum atomic E-state index is -0.328. The molecule has 170 valence electrons. The van der Waals surface area contributed by atoms with Gasteiger partial charge in [0.1, 0.15) is 0 Å². The molecular weight excluding hydrogens is 624 g/mol. The van der Waals surface area contributed by atoms with Gasteiger partial charge >= 0.3 is 31.1 Å². The molecule has 0 spiro atoms. The van der Waals surface area contributed by atoms with Crippen molar-refractivity contribution in [2.24, 2.45) is 11.3 Å². The van der Waals surface area contributed by atoms with Gasteiger partial charge in [-0.25, -0.2) is 0 Å². The van der Waals surface area contributed by atoms with Gasteiger partial charge < -0.3 is 11.7 Å². The summed E-state index contributed by atoms with van der Waals surface area (Å²) in [5, 5.41) is 2.46. The second kappa shape index (κ2) is 13.0. The first-order valence-corrected chi connectivity index (χ1v) is 10.6. The quantitative estimate of drug-likeness (QED) is 0.258. The van der Waals surface area contributed by atoms with Crippen molar-refractivity contribution >= 4 is 23.2 Å². The number of benzene rings is 1. The minimum absolute atomic E-state index is 0. The van der Waals surface area contributed by atoms with Crippen molar-refractivity contribution in [3.63, 3.8) is 0 Å². The fourth-order valence-corrected chi connectivity index (χ4v) is 2.95. The number of amides is 2. The van der Waals surface area contributed by atoms with E-state index in [0.29, 0.717) is 17.1 Å². The van der Waals surface area contributed by atoms with Gasteiger partial charge in [0.15, 0.2) is 0 Å². The zero-order valence-corrected chi connectivity index (χ0v) is 24.8. The molecule has 0 saturated carbocycles. The fraction of sp³-hybridized carbons (Fsp3) is 0.407. The molecule has 2 rings (SSSR count). The number of hydrogen-bond donors (Lipinski definition) is 1. The van der Waals surface area contributed by atoms with Gasteiger partial charge in [-0.2, -0.15) is 30.3 Å². The van der Waals surface area contributed by atoms with Crippen LogP contribution in [-0.2, 0) is 14.4 Å². The summed E-state index contributed by atoms with van der Waals surface area (Å²) in [4.78, 5) is 34.9. The first kappa shape index (κ1) is 30.2. The molecule has 32 heavy (non-hydrogen) atoms. The Kier molecular flexibility index (Phi) is 12.3. The number of nitrogens with one attached hydrogen (secondary N) is 1. The van der Waals surface area contributed by atoms with Gasteiger partial charge in [0.05, 0.1) is 0 Å². The van der Waals surface area contributed by atoms with Crippen LogP contribution in [0.15, 0.2) is 52.6 Å². The zero-order valence-electron chi connectivity index (χ0n) is 20.6. The van der Waals surface area contributed by atoms with E-state index in [1.165, 1.54) is 0 Å². The Bertz CT molecular complexity index is 927. The smallest absolute Gasteiger partial charge is 0.339 e. The first-order chi connectivity index (χ1) is 14.3. The summed E-state index contributed by atoms with van der Waals surface area (Å²) in [6.45, 7) is 18.7. The number of carbonyl (C=O) groups is 3. The molecule has 1 aromatic carbocycles. The second-order valence-electron chi connectivity index (χ2n) is 9.07. The second-order valence-corrected chi connectivity index (χ2v) is 9.07. The third-order valence-corrected chi connectivity index (χ3v) is 5.31. The van der Waals surface area contributed by atoms with Crippen LogP contribution in [0.3, 0.4) is 0 Å². The molecule has 1 aliphatic heterocycles. The van der Waals surface area contributed by atoms with Crippen LogP contribution in [0.2, 0.25) is 0 Å². The van der Waals surface area contributed by atoms with Crippen LogP contribution in [0.1, 0.15) is 67.4 Å². The molecule has 0 aromatic heterocycles. The molecule has 1 unspecified atom stereocenters. The predicted octanol–water partition coefficient (Wildman–Crippen LogP) is 5.66. The van der Waals surface area contributed by atoms with Crippen LogP contribution in [0, 0.1) is 55.4 Å². The standard InChI is InChI=1S/C21H24NO2.C6H11O.U/c1-6-14(4)17(16-10-8-7-9-11-16)12-18-15(5)19(13(2)3)21(24)22-20(18)23;1-5(7)6(2,3)4;/h8-12,14H,6H2,1-5H3,(H,22,23,24);1H2,2-4H3;/q2*-1;+2/b17-12+;;. The zero-order chi connectivity index (χ0) is 23.9. The molecule has 1 heterocycles. The number of rotatable bonds is 4. The molecule has 1 aliphatic rings. The van der Waals surface area contributed by atoms with E-state index in [-0.39, 0.29) is 54.1 Å². The predicted molar refractivity (Wildman–Crippen MR) is 127 cm³/mol. The van der Waals surface area contributed by atoms with E-state index >= 15 is 0 Å². The molecule has 0 bridgehead atoms. The summed E-state index contributed by atoms with van der Waals surface area (Å²) >= 11 is 0. The molecule has 4 nitrogen and oxygen atoms in total. The Morgan fingerprint density at radius 1 is 1.16 bits per heavy atom. The SMILES string of the molecule is CCC(C)/C(=C\C1=C(C)C(=C(C)C)C(=O)NC1=O)c1cc[c-]cc1.[CH2-]C(=O)C(C)(C)C.[U+2]. The van der Waals surface area contributed by atoms with Gasteiger partial charge in [-0.1, -0.05) is 45.8 Å². The number of imide groups is 1. The third-order valence-electron chi connectivity index (χ3n) is 5.31. The van der Waals surface area contributed by atoms with Gasteiger partial charge in [-0.3, -0.25) is 14.9 Å². The number of Topliss-reactive ketones (excluding diaryl/α,β-unsaturated/α-hetero) is 1. The average Bonchev–Trinajstić information content (AvgIpc) is 2.67. The first-order valence-electron chi connectivity index (χ1n) is 10.6. The van der Waals surface area contributed by atoms with Crippen LogP contribution in [0.25, 0.3) is 5.57 Å². The van der Waals surface area contributed by atoms with E-state index in [1.807, 2.05) is 71.9 Å². The Hall–Kier alpha value is -1.83. The maximum absolute atomic E-state index is 12.4. The average molecular weight is 660 g/mol. The van der Waals surface area contributed by atoms with E-state index in [9.17, 15) is 14.4 Å². The Morgan fingerprint density at radius 3 is 2.06 bits per heavy atom. The maximum Gasteiger partial charge on any atom is 2.00 e. The summed E-state index contributed by atoms with van der Waals surface area (Å²) in [6.07, 6.45) is 2.90. The Balaban J connectivity index is 0.00000104. The molecule has 2 amide bonds. The van der Waals surface area contributed by atoms with E-state index in [0.717, 1.165) is 28.7 Å². The molecule has 1 aromatic rings. The van der Waals surface area contributed by atoms with Crippen molar-refractivity contribution in [1.29, 1.82) is 0 Å². The van der Waals surface area contributed by atoms with Crippen LogP contribution >= 0.6 is 0 Å². The summed E-state index contributed by atoms with van der Waals surface area (Å²) in [7, 11) is 0. The summed E-state index contributed by atoms with van der Waals surface area (Å²) in [5.74, 6) is -0.347. The molecule has 1 atom stereocenters. The largest absolute Gasteiger partial charge is 2.00 e. The van der Waals surface area contributed by atoms with Gasteiger partial charge in [0.2, 0.25) is 0 Å². The van der Waals surface area contributed by atoms with E-state index in [1.54, 1.807) is 0 Å². The minimum Gasteiger partial charge on any atom is -0.339 e. The molecule has 0 fully saturated rings. The summed E-state index contributed by atoms with van der Waals surface area (Å²) in [6, 6.07) is 10.8. The molecule has 5 heteroatoms. The topological polar surface area (TPSA) is 63.2 Å². The van der Waals surface area contributed by atoms with Gasteiger partial charge in [-0.05, 0) is 50.2 Å². The van der Waals surface area contributed by atoms with Crippen LogP contribution in [0.5, 0.6) is 0 Å². The Labute approximate surface area is 217 Å². The summed E-state index contributed by atoms with van der Waals surface area (Å²) < 4.78 is 0. The van der Waals surface area contributed by atoms with Crippen molar-refractivity contribution in [1.82, 2.24) is 5.32 Å². The number of carbonyl (C=O) groups excluding carboxylic acids is 3. The van der Waals surface area contributed by atoms with Crippen molar-refractivity contribution in [2.75, 3.05) is 0 Å². The fourth-order valence-electron chi connectivity index (χ4n) is 2.95. The Morgan fingerprint density at radius 2 is 1.66 bits per heavy atom. The van der Waals surface area contributed by atoms with Crippen molar-refractivity contribution < 1.29 is 45.5 Å². The molecule has 0 radical (unpaired) electrons. The molecule has 0 aliphatic carbocycles. The van der Waals surface area contributed by atoms with E-state index in [4.69, 9.17) is 0 Å². The van der Waals surface area contributed by atoms with Crippen LogP contribution < -0.4 is 5.32 Å². The van der Waals surface area contributed by atoms with Crippen LogP contribution in [0.4, 0.5) is 0 Å². The van der Waals surface area contributed by atoms with Crippen molar-refractivity contribution in [3.05, 3.63) is 71.2 Å². The van der Waals surface area contributed by atoms with Gasteiger partial charge in [0.25, 0.3) is 11.8 Å². The van der Waals surface area contributed by atoms with Crippen LogP contribution in [-0.4, -0.2) is 17.6 Å². The van der Waals surface area contributed by atoms with E-state index < -0.39 is 0 Å². The molecule has 1 N–H and O–H groups in total. The monoisotopic (exact) mass is 659 g/mol.